The third-order valence-corrected chi connectivity index (χ3v) is 2.97. The molecule has 0 bridgehead atoms. The van der Waals surface area contributed by atoms with Crippen LogP contribution in [-0.2, 0) is 9.47 Å². The molecule has 0 radical (unpaired) electrons. The Bertz CT molecular complexity index is 187. The van der Waals surface area contributed by atoms with Crippen molar-refractivity contribution in [2.24, 2.45) is 0 Å². The molecule has 0 aromatic rings. The summed E-state index contributed by atoms with van der Waals surface area (Å²) in [5.41, 5.74) is 0. The molecule has 1 aliphatic rings. The van der Waals surface area contributed by atoms with Gasteiger partial charge in [0, 0.05) is 25.7 Å². The van der Waals surface area contributed by atoms with Crippen molar-refractivity contribution in [1.82, 2.24) is 10.6 Å². The second kappa shape index (κ2) is 8.83. The van der Waals surface area contributed by atoms with Crippen LogP contribution in [0.3, 0.4) is 0 Å². The van der Waals surface area contributed by atoms with Crippen LogP contribution in [0.2, 0.25) is 0 Å². The van der Waals surface area contributed by atoms with Crippen molar-refractivity contribution >= 4 is 0 Å². The molecule has 3 unspecified atom stereocenters. The highest BCUT2D eigenvalue weighted by atomic mass is 16.5. The Morgan fingerprint density at radius 1 is 1.59 bits per heavy atom. The molecule has 17 heavy (non-hydrogen) atoms. The number of methoxy groups -OCH3 is 1. The van der Waals surface area contributed by atoms with Gasteiger partial charge in [0.15, 0.2) is 0 Å². The summed E-state index contributed by atoms with van der Waals surface area (Å²) in [6.07, 6.45) is 1.42. The van der Waals surface area contributed by atoms with Gasteiger partial charge in [-0.25, -0.2) is 0 Å². The van der Waals surface area contributed by atoms with Gasteiger partial charge in [-0.2, -0.15) is 0 Å². The summed E-state index contributed by atoms with van der Waals surface area (Å²) >= 11 is 0. The highest BCUT2D eigenvalue weighted by Crippen LogP contribution is 2.02. The standard InChI is InChI=1S/C12H26N2O3/c1-10(7-11-8-17-6-5-14-11)13-4-3-12(15)9-16-2/h10-15H,3-9H2,1-2H3. The van der Waals surface area contributed by atoms with Crippen LogP contribution in [0.1, 0.15) is 19.8 Å². The Morgan fingerprint density at radius 2 is 2.41 bits per heavy atom. The number of aliphatic hydroxyl groups excluding tert-OH is 1. The molecular weight excluding hydrogens is 220 g/mol. The molecule has 1 aliphatic heterocycles. The highest BCUT2D eigenvalue weighted by molar-refractivity contribution is 4.75. The van der Waals surface area contributed by atoms with Crippen LogP contribution in [0.15, 0.2) is 0 Å². The fourth-order valence-corrected chi connectivity index (χ4v) is 2.05. The van der Waals surface area contributed by atoms with Gasteiger partial charge in [0.25, 0.3) is 0 Å². The number of aliphatic hydroxyl groups is 1. The molecule has 1 rings (SSSR count). The third kappa shape index (κ3) is 6.95. The lowest BCUT2D eigenvalue weighted by Gasteiger charge is -2.27. The summed E-state index contributed by atoms with van der Waals surface area (Å²) in [5, 5.41) is 16.3. The number of morpholine rings is 1. The van der Waals surface area contributed by atoms with Crippen LogP contribution in [0.5, 0.6) is 0 Å². The lowest BCUT2D eigenvalue weighted by atomic mass is 10.1. The minimum absolute atomic E-state index is 0.365. The number of hydrogen-bond donors (Lipinski definition) is 3. The second-order valence-corrected chi connectivity index (χ2v) is 4.71. The fourth-order valence-electron chi connectivity index (χ4n) is 2.05. The van der Waals surface area contributed by atoms with Crippen molar-refractivity contribution in [3.05, 3.63) is 0 Å². The van der Waals surface area contributed by atoms with E-state index < -0.39 is 0 Å². The van der Waals surface area contributed by atoms with Crippen molar-refractivity contribution in [2.75, 3.05) is 40.0 Å². The van der Waals surface area contributed by atoms with Crippen LogP contribution < -0.4 is 10.6 Å². The van der Waals surface area contributed by atoms with Gasteiger partial charge >= 0.3 is 0 Å². The zero-order valence-corrected chi connectivity index (χ0v) is 10.9. The molecule has 1 heterocycles. The average molecular weight is 246 g/mol. The van der Waals surface area contributed by atoms with Crippen molar-refractivity contribution in [1.29, 1.82) is 0 Å². The summed E-state index contributed by atoms with van der Waals surface area (Å²) in [5.74, 6) is 0. The van der Waals surface area contributed by atoms with Crippen LogP contribution in [0.4, 0.5) is 0 Å². The number of nitrogens with one attached hydrogen (secondary N) is 2. The van der Waals surface area contributed by atoms with E-state index in [1.54, 1.807) is 7.11 Å². The average Bonchev–Trinajstić information content (AvgIpc) is 2.30. The quantitative estimate of drug-likeness (QED) is 0.551. The summed E-state index contributed by atoms with van der Waals surface area (Å²) in [6.45, 7) is 5.97. The largest absolute Gasteiger partial charge is 0.391 e. The van der Waals surface area contributed by atoms with Crippen molar-refractivity contribution in [3.8, 4) is 0 Å². The Balaban J connectivity index is 2.02. The maximum absolute atomic E-state index is 9.49. The topological polar surface area (TPSA) is 62.8 Å². The second-order valence-electron chi connectivity index (χ2n) is 4.71. The minimum Gasteiger partial charge on any atom is -0.391 e. The normalized spacial score (nSPS) is 24.5. The molecule has 1 fully saturated rings. The molecule has 3 atom stereocenters. The maximum atomic E-state index is 9.49. The first kappa shape index (κ1) is 14.9. The van der Waals surface area contributed by atoms with Crippen LogP contribution in [0.25, 0.3) is 0 Å². The van der Waals surface area contributed by atoms with E-state index >= 15 is 0 Å². The third-order valence-electron chi connectivity index (χ3n) is 2.97. The monoisotopic (exact) mass is 246 g/mol. The molecule has 3 N–H and O–H groups in total. The van der Waals surface area contributed by atoms with E-state index in [2.05, 4.69) is 17.6 Å². The Kier molecular flexibility index (Phi) is 7.72. The lowest BCUT2D eigenvalue weighted by Crippen LogP contribution is -2.45. The smallest absolute Gasteiger partial charge is 0.0785 e. The van der Waals surface area contributed by atoms with Crippen LogP contribution in [0, 0.1) is 0 Å². The molecule has 0 saturated carbocycles. The van der Waals surface area contributed by atoms with E-state index in [4.69, 9.17) is 9.47 Å². The Morgan fingerprint density at radius 3 is 3.06 bits per heavy atom. The van der Waals surface area contributed by atoms with E-state index in [0.717, 1.165) is 39.1 Å². The molecule has 0 aliphatic carbocycles. The lowest BCUT2D eigenvalue weighted by molar-refractivity contribution is 0.0577. The first-order chi connectivity index (χ1) is 8.22. The molecule has 1 saturated heterocycles. The zero-order chi connectivity index (χ0) is 12.5. The fraction of sp³-hybridized carbons (Fsp3) is 1.00. The van der Waals surface area contributed by atoms with Crippen LogP contribution in [-0.4, -0.2) is 63.3 Å². The van der Waals surface area contributed by atoms with Gasteiger partial charge in [-0.15, -0.1) is 0 Å². The molecule has 0 aromatic carbocycles. The predicted molar refractivity (Wildman–Crippen MR) is 67.2 cm³/mol. The molecule has 0 aromatic heterocycles. The van der Waals surface area contributed by atoms with E-state index in [1.165, 1.54) is 0 Å². The molecule has 0 amide bonds. The predicted octanol–water partition coefficient (Wildman–Crippen LogP) is -0.260. The number of hydrogen-bond acceptors (Lipinski definition) is 5. The van der Waals surface area contributed by atoms with Gasteiger partial charge in [0.2, 0.25) is 0 Å². The van der Waals surface area contributed by atoms with E-state index in [1.807, 2.05) is 0 Å². The van der Waals surface area contributed by atoms with E-state index in [-0.39, 0.29) is 6.10 Å². The van der Waals surface area contributed by atoms with Gasteiger partial charge in [-0.3, -0.25) is 0 Å². The summed E-state index contributed by atoms with van der Waals surface area (Å²) in [6, 6.07) is 0.888. The van der Waals surface area contributed by atoms with Crippen LogP contribution >= 0.6 is 0 Å². The summed E-state index contributed by atoms with van der Waals surface area (Å²) in [4.78, 5) is 0. The number of ether oxygens (including phenoxy) is 2. The van der Waals surface area contributed by atoms with Gasteiger partial charge in [0.05, 0.1) is 25.9 Å². The molecule has 0 spiro atoms. The Labute approximate surface area is 104 Å². The summed E-state index contributed by atoms with van der Waals surface area (Å²) < 4.78 is 10.3. The van der Waals surface area contributed by atoms with Crippen molar-refractivity contribution in [3.63, 3.8) is 0 Å². The van der Waals surface area contributed by atoms with E-state index in [9.17, 15) is 5.11 Å². The zero-order valence-electron chi connectivity index (χ0n) is 10.9. The first-order valence-corrected chi connectivity index (χ1v) is 6.44. The van der Waals surface area contributed by atoms with Crippen molar-refractivity contribution < 1.29 is 14.6 Å². The SMILES string of the molecule is COCC(O)CCNC(C)CC1COCCN1. The van der Waals surface area contributed by atoms with E-state index in [0.29, 0.717) is 18.7 Å². The molecule has 102 valence electrons. The molecule has 5 heteroatoms. The van der Waals surface area contributed by atoms with Crippen molar-refractivity contribution in [2.45, 2.75) is 38.0 Å². The highest BCUT2D eigenvalue weighted by Gasteiger charge is 2.15. The Hall–Kier alpha value is -0.200. The maximum Gasteiger partial charge on any atom is 0.0785 e. The summed E-state index contributed by atoms with van der Waals surface area (Å²) in [7, 11) is 1.61. The first-order valence-electron chi connectivity index (χ1n) is 6.44. The van der Waals surface area contributed by atoms with Gasteiger partial charge < -0.3 is 25.2 Å². The minimum atomic E-state index is -0.365. The van der Waals surface area contributed by atoms with Gasteiger partial charge in [-0.05, 0) is 26.3 Å². The van der Waals surface area contributed by atoms with Gasteiger partial charge in [0.1, 0.15) is 0 Å². The molecule has 5 nitrogen and oxygen atoms in total. The number of rotatable bonds is 8. The molecular formula is C12H26N2O3. The van der Waals surface area contributed by atoms with Gasteiger partial charge in [-0.1, -0.05) is 0 Å².